The van der Waals surface area contributed by atoms with Crippen molar-refractivity contribution in [1.29, 1.82) is 0 Å². The zero-order valence-corrected chi connectivity index (χ0v) is 18.0. The fraction of sp³-hybridized carbons (Fsp3) is 0.160. The predicted octanol–water partition coefficient (Wildman–Crippen LogP) is 5.04. The van der Waals surface area contributed by atoms with E-state index in [1.807, 2.05) is 66.8 Å². The first kappa shape index (κ1) is 20.9. The molecule has 1 N–H and O–H groups in total. The lowest BCUT2D eigenvalue weighted by Gasteiger charge is -2.24. The Bertz CT molecular complexity index is 1080. The lowest BCUT2D eigenvalue weighted by molar-refractivity contribution is 0.0934. The van der Waals surface area contributed by atoms with Gasteiger partial charge in [0, 0.05) is 30.3 Å². The summed E-state index contributed by atoms with van der Waals surface area (Å²) < 4.78 is 5.90. The molecule has 2 heterocycles. The van der Waals surface area contributed by atoms with Crippen molar-refractivity contribution >= 4 is 17.7 Å². The van der Waals surface area contributed by atoms with E-state index in [0.29, 0.717) is 10.6 Å². The number of thioether (sulfide) groups is 1. The number of allylic oxidation sites excluding steroid dienone is 1. The van der Waals surface area contributed by atoms with Crippen molar-refractivity contribution in [1.82, 2.24) is 15.3 Å². The van der Waals surface area contributed by atoms with Crippen LogP contribution < -0.4 is 10.1 Å². The molecule has 1 aliphatic rings. The third-order valence-corrected chi connectivity index (χ3v) is 5.96. The first-order valence-electron chi connectivity index (χ1n) is 10.1. The Kier molecular flexibility index (Phi) is 6.79. The number of ether oxygens (including phenoxy) is 1. The molecule has 0 radical (unpaired) electrons. The largest absolute Gasteiger partial charge is 0.458 e. The summed E-state index contributed by atoms with van der Waals surface area (Å²) in [4.78, 5) is 21.5. The number of nitrogens with one attached hydrogen (secondary N) is 1. The lowest BCUT2D eigenvalue weighted by atomic mass is 9.96. The SMILES string of the molecule is CC1C=C(Oc2ccccc2)C=CC1NC(=O)c1cccnc1SCc1ccncc1. The van der Waals surface area contributed by atoms with Crippen LogP contribution in [0.15, 0.2) is 102 Å². The fourth-order valence-electron chi connectivity index (χ4n) is 3.20. The van der Waals surface area contributed by atoms with E-state index in [-0.39, 0.29) is 17.9 Å². The number of amides is 1. The number of pyridine rings is 2. The second-order valence-corrected chi connectivity index (χ2v) is 8.17. The molecule has 3 aromatic rings. The van der Waals surface area contributed by atoms with E-state index in [9.17, 15) is 4.79 Å². The predicted molar refractivity (Wildman–Crippen MR) is 123 cm³/mol. The van der Waals surface area contributed by atoms with E-state index in [1.54, 1.807) is 36.4 Å². The van der Waals surface area contributed by atoms with Crippen LogP contribution >= 0.6 is 11.8 Å². The van der Waals surface area contributed by atoms with Crippen LogP contribution in [0.4, 0.5) is 0 Å². The van der Waals surface area contributed by atoms with Crippen molar-refractivity contribution in [2.45, 2.75) is 23.7 Å². The van der Waals surface area contributed by atoms with Gasteiger partial charge in [0.15, 0.2) is 0 Å². The topological polar surface area (TPSA) is 64.1 Å². The molecule has 2 aromatic heterocycles. The Morgan fingerprint density at radius 1 is 1.06 bits per heavy atom. The van der Waals surface area contributed by atoms with Crippen molar-refractivity contribution in [3.8, 4) is 5.75 Å². The first-order valence-corrected chi connectivity index (χ1v) is 11.1. The van der Waals surface area contributed by atoms with Gasteiger partial charge in [0.1, 0.15) is 16.5 Å². The molecule has 0 saturated heterocycles. The molecular formula is C25H23N3O2S. The van der Waals surface area contributed by atoms with Gasteiger partial charge < -0.3 is 10.1 Å². The van der Waals surface area contributed by atoms with Crippen LogP contribution in [0, 0.1) is 5.92 Å². The number of carbonyl (C=O) groups excluding carboxylic acids is 1. The molecule has 2 atom stereocenters. The van der Waals surface area contributed by atoms with E-state index in [1.165, 1.54) is 0 Å². The molecule has 6 heteroatoms. The number of para-hydroxylation sites is 1. The minimum absolute atomic E-state index is 0.0947. The Hall–Kier alpha value is -3.38. The van der Waals surface area contributed by atoms with Crippen LogP contribution in [0.25, 0.3) is 0 Å². The van der Waals surface area contributed by atoms with Gasteiger partial charge in [0.05, 0.1) is 11.6 Å². The maximum absolute atomic E-state index is 13.0. The summed E-state index contributed by atoms with van der Waals surface area (Å²) in [6, 6.07) is 17.1. The molecule has 5 nitrogen and oxygen atoms in total. The first-order chi connectivity index (χ1) is 15.2. The average molecular weight is 430 g/mol. The molecule has 4 rings (SSSR count). The summed E-state index contributed by atoms with van der Waals surface area (Å²) >= 11 is 1.54. The standard InChI is InChI=1S/C25H23N3O2S/c1-18-16-21(30-20-6-3-2-4-7-20)9-10-23(18)28-24(29)22-8-5-13-27-25(22)31-17-19-11-14-26-15-12-19/h2-16,18,23H,17H2,1H3,(H,28,29). The Morgan fingerprint density at radius 2 is 1.87 bits per heavy atom. The Morgan fingerprint density at radius 3 is 2.65 bits per heavy atom. The highest BCUT2D eigenvalue weighted by molar-refractivity contribution is 7.98. The molecule has 1 aromatic carbocycles. The molecule has 0 fully saturated rings. The normalized spacial score (nSPS) is 17.6. The number of benzene rings is 1. The zero-order valence-electron chi connectivity index (χ0n) is 17.1. The van der Waals surface area contributed by atoms with E-state index in [4.69, 9.17) is 4.74 Å². The third kappa shape index (κ3) is 5.61. The maximum atomic E-state index is 13.0. The van der Waals surface area contributed by atoms with Crippen molar-refractivity contribution in [3.63, 3.8) is 0 Å². The number of nitrogens with zero attached hydrogens (tertiary/aromatic N) is 2. The van der Waals surface area contributed by atoms with Crippen molar-refractivity contribution in [2.75, 3.05) is 0 Å². The quantitative estimate of drug-likeness (QED) is 0.533. The van der Waals surface area contributed by atoms with Crippen molar-refractivity contribution < 1.29 is 9.53 Å². The van der Waals surface area contributed by atoms with E-state index in [0.717, 1.165) is 22.8 Å². The lowest BCUT2D eigenvalue weighted by Crippen LogP contribution is -2.39. The summed E-state index contributed by atoms with van der Waals surface area (Å²) in [6.45, 7) is 2.06. The van der Waals surface area contributed by atoms with Crippen LogP contribution in [0.3, 0.4) is 0 Å². The molecule has 1 aliphatic carbocycles. The molecule has 0 saturated carbocycles. The highest BCUT2D eigenvalue weighted by Crippen LogP contribution is 2.25. The summed E-state index contributed by atoms with van der Waals surface area (Å²) in [5, 5.41) is 3.83. The maximum Gasteiger partial charge on any atom is 0.254 e. The number of hydrogen-bond donors (Lipinski definition) is 1. The van der Waals surface area contributed by atoms with Gasteiger partial charge in [0.25, 0.3) is 5.91 Å². The average Bonchev–Trinajstić information content (AvgIpc) is 2.81. The number of hydrogen-bond acceptors (Lipinski definition) is 5. The second kappa shape index (κ2) is 10.1. The summed E-state index contributed by atoms with van der Waals surface area (Å²) in [5.74, 6) is 2.26. The molecule has 156 valence electrons. The molecule has 1 amide bonds. The van der Waals surface area contributed by atoms with Crippen LogP contribution in [0.2, 0.25) is 0 Å². The van der Waals surface area contributed by atoms with E-state index < -0.39 is 0 Å². The smallest absolute Gasteiger partial charge is 0.254 e. The zero-order chi connectivity index (χ0) is 21.5. The molecule has 31 heavy (non-hydrogen) atoms. The number of carbonyl (C=O) groups is 1. The molecule has 0 spiro atoms. The molecular weight excluding hydrogens is 406 g/mol. The van der Waals surface area contributed by atoms with Gasteiger partial charge >= 0.3 is 0 Å². The number of rotatable bonds is 7. The van der Waals surface area contributed by atoms with Crippen LogP contribution in [-0.2, 0) is 5.75 Å². The van der Waals surface area contributed by atoms with Gasteiger partial charge in [-0.3, -0.25) is 9.78 Å². The fourth-order valence-corrected chi connectivity index (χ4v) is 4.15. The highest BCUT2D eigenvalue weighted by atomic mass is 32.2. The van der Waals surface area contributed by atoms with Gasteiger partial charge in [-0.25, -0.2) is 4.98 Å². The highest BCUT2D eigenvalue weighted by Gasteiger charge is 2.22. The summed E-state index contributed by atoms with van der Waals surface area (Å²) in [7, 11) is 0. The van der Waals surface area contributed by atoms with Crippen molar-refractivity contribution in [3.05, 3.63) is 108 Å². The minimum atomic E-state index is -0.132. The van der Waals surface area contributed by atoms with Gasteiger partial charge in [-0.1, -0.05) is 31.2 Å². The Balaban J connectivity index is 1.39. The van der Waals surface area contributed by atoms with E-state index in [2.05, 4.69) is 22.2 Å². The monoisotopic (exact) mass is 429 g/mol. The van der Waals surface area contributed by atoms with Crippen LogP contribution in [0.5, 0.6) is 5.75 Å². The third-order valence-electron chi connectivity index (χ3n) is 4.88. The van der Waals surface area contributed by atoms with Gasteiger partial charge in [-0.2, -0.15) is 0 Å². The van der Waals surface area contributed by atoms with Crippen molar-refractivity contribution in [2.24, 2.45) is 5.92 Å². The van der Waals surface area contributed by atoms with Gasteiger partial charge in [-0.05, 0) is 54.1 Å². The van der Waals surface area contributed by atoms with Gasteiger partial charge in [0.2, 0.25) is 0 Å². The van der Waals surface area contributed by atoms with Crippen LogP contribution in [0.1, 0.15) is 22.8 Å². The van der Waals surface area contributed by atoms with Crippen LogP contribution in [-0.4, -0.2) is 21.9 Å². The number of aromatic nitrogens is 2. The van der Waals surface area contributed by atoms with E-state index >= 15 is 0 Å². The minimum Gasteiger partial charge on any atom is -0.458 e. The second-order valence-electron chi connectivity index (χ2n) is 7.20. The summed E-state index contributed by atoms with van der Waals surface area (Å²) in [5.41, 5.74) is 1.72. The van der Waals surface area contributed by atoms with Gasteiger partial charge in [-0.15, -0.1) is 11.8 Å². The molecule has 0 aliphatic heterocycles. The Labute approximate surface area is 186 Å². The summed E-state index contributed by atoms with van der Waals surface area (Å²) in [6.07, 6.45) is 11.1. The molecule has 0 bridgehead atoms. The molecule has 2 unspecified atom stereocenters.